The van der Waals surface area contributed by atoms with Crippen LogP contribution < -0.4 is 0 Å². The first-order chi connectivity index (χ1) is 6.76. The summed E-state index contributed by atoms with van der Waals surface area (Å²) in [6.07, 6.45) is 3.72. The Balaban J connectivity index is 2.55. The van der Waals surface area contributed by atoms with E-state index in [2.05, 4.69) is 6.58 Å². The summed E-state index contributed by atoms with van der Waals surface area (Å²) < 4.78 is 6.91. The van der Waals surface area contributed by atoms with Gasteiger partial charge in [-0.25, -0.2) is 4.28 Å². The highest BCUT2D eigenvalue weighted by Gasteiger charge is 2.00. The van der Waals surface area contributed by atoms with Gasteiger partial charge < -0.3 is 0 Å². The van der Waals surface area contributed by atoms with E-state index in [9.17, 15) is 0 Å². The molecule has 76 valence electrons. The van der Waals surface area contributed by atoms with Gasteiger partial charge in [0.15, 0.2) is 0 Å². The van der Waals surface area contributed by atoms with Crippen LogP contribution >= 0.6 is 24.0 Å². The standard InChI is InChI=1S/C10H13NOS2/c1-4-9-5-7-10(8-6-9)14-11(2)12-13-3/h4-8H,1H2,2-3H3. The summed E-state index contributed by atoms with van der Waals surface area (Å²) in [5.41, 5.74) is 1.13. The summed E-state index contributed by atoms with van der Waals surface area (Å²) in [5.74, 6) is 0. The topological polar surface area (TPSA) is 12.5 Å². The maximum absolute atomic E-state index is 5.20. The van der Waals surface area contributed by atoms with Crippen LogP contribution in [-0.4, -0.2) is 17.8 Å². The zero-order valence-electron chi connectivity index (χ0n) is 8.27. The Bertz CT molecular complexity index is 287. The van der Waals surface area contributed by atoms with Crippen LogP contribution in [0.1, 0.15) is 5.56 Å². The Morgan fingerprint density at radius 1 is 1.36 bits per heavy atom. The van der Waals surface area contributed by atoms with E-state index >= 15 is 0 Å². The lowest BCUT2D eigenvalue weighted by Crippen LogP contribution is -2.03. The molecule has 0 amide bonds. The van der Waals surface area contributed by atoms with Gasteiger partial charge in [0.1, 0.15) is 0 Å². The molecule has 0 fully saturated rings. The van der Waals surface area contributed by atoms with Gasteiger partial charge >= 0.3 is 0 Å². The zero-order chi connectivity index (χ0) is 10.4. The van der Waals surface area contributed by atoms with Gasteiger partial charge in [0, 0.05) is 30.2 Å². The number of rotatable bonds is 5. The molecule has 0 aliphatic rings. The predicted octanol–water partition coefficient (Wildman–Crippen LogP) is 3.48. The summed E-state index contributed by atoms with van der Waals surface area (Å²) in [6.45, 7) is 3.71. The third-order valence-corrected chi connectivity index (χ3v) is 2.81. The number of hydrogen-bond acceptors (Lipinski definition) is 4. The van der Waals surface area contributed by atoms with Crippen LogP contribution in [0.5, 0.6) is 0 Å². The van der Waals surface area contributed by atoms with Gasteiger partial charge in [-0.1, -0.05) is 24.8 Å². The largest absolute Gasteiger partial charge is 0.218 e. The van der Waals surface area contributed by atoms with Gasteiger partial charge in [-0.3, -0.25) is 0 Å². The summed E-state index contributed by atoms with van der Waals surface area (Å²) in [6, 6.07) is 8.15. The minimum atomic E-state index is 1.13. The van der Waals surface area contributed by atoms with Crippen molar-refractivity contribution in [3.63, 3.8) is 0 Å². The molecule has 14 heavy (non-hydrogen) atoms. The second-order valence-corrected chi connectivity index (χ2v) is 4.20. The molecule has 1 aromatic rings. The van der Waals surface area contributed by atoms with E-state index in [1.54, 1.807) is 16.4 Å². The molecule has 1 rings (SSSR count). The van der Waals surface area contributed by atoms with Crippen molar-refractivity contribution in [3.8, 4) is 0 Å². The molecule has 0 saturated heterocycles. The summed E-state index contributed by atoms with van der Waals surface area (Å²) in [5, 5.41) is 0. The fraction of sp³-hybridized carbons (Fsp3) is 0.200. The second kappa shape index (κ2) is 6.14. The van der Waals surface area contributed by atoms with Crippen molar-refractivity contribution in [2.75, 3.05) is 13.3 Å². The Labute approximate surface area is 93.6 Å². The maximum atomic E-state index is 5.20. The molecule has 0 atom stereocenters. The lowest BCUT2D eigenvalue weighted by molar-refractivity contribution is 0.114. The third-order valence-electron chi connectivity index (χ3n) is 1.53. The Morgan fingerprint density at radius 3 is 2.50 bits per heavy atom. The molecule has 0 aliphatic carbocycles. The molecule has 0 saturated carbocycles. The van der Waals surface area contributed by atoms with Gasteiger partial charge in [0.05, 0.1) is 0 Å². The molecule has 4 heteroatoms. The first kappa shape index (κ1) is 11.7. The van der Waals surface area contributed by atoms with E-state index in [0.717, 1.165) is 10.5 Å². The third kappa shape index (κ3) is 3.75. The van der Waals surface area contributed by atoms with Gasteiger partial charge in [0.25, 0.3) is 0 Å². The maximum Gasteiger partial charge on any atom is 0.0259 e. The first-order valence-electron chi connectivity index (χ1n) is 4.11. The van der Waals surface area contributed by atoms with Gasteiger partial charge in [-0.2, -0.15) is 0 Å². The van der Waals surface area contributed by atoms with Crippen molar-refractivity contribution < 1.29 is 4.28 Å². The summed E-state index contributed by atoms with van der Waals surface area (Å²) >= 11 is 2.87. The van der Waals surface area contributed by atoms with Crippen molar-refractivity contribution in [1.29, 1.82) is 0 Å². The molecule has 0 N–H and O–H groups in total. The van der Waals surface area contributed by atoms with Gasteiger partial charge in [0.2, 0.25) is 0 Å². The van der Waals surface area contributed by atoms with Crippen LogP contribution in [-0.2, 0) is 4.28 Å². The number of hydroxylamine groups is 1. The number of nitrogens with zero attached hydrogens (tertiary/aromatic N) is 1. The fourth-order valence-electron chi connectivity index (χ4n) is 0.933. The molecule has 0 spiro atoms. The highest BCUT2D eigenvalue weighted by molar-refractivity contribution is 7.98. The van der Waals surface area contributed by atoms with E-state index in [1.165, 1.54) is 12.0 Å². The van der Waals surface area contributed by atoms with Gasteiger partial charge in [-0.15, -0.1) is 4.47 Å². The molecule has 2 nitrogen and oxygen atoms in total. The average molecular weight is 227 g/mol. The molecule has 0 aromatic heterocycles. The summed E-state index contributed by atoms with van der Waals surface area (Å²) in [7, 11) is 1.88. The highest BCUT2D eigenvalue weighted by Crippen LogP contribution is 2.23. The number of hydrogen-bond donors (Lipinski definition) is 0. The quantitative estimate of drug-likeness (QED) is 0.433. The molecular weight excluding hydrogens is 214 g/mol. The van der Waals surface area contributed by atoms with Crippen LogP contribution in [0.3, 0.4) is 0 Å². The lowest BCUT2D eigenvalue weighted by atomic mass is 10.2. The van der Waals surface area contributed by atoms with Crippen LogP contribution in [0, 0.1) is 0 Å². The highest BCUT2D eigenvalue weighted by atomic mass is 32.2. The van der Waals surface area contributed by atoms with Crippen molar-refractivity contribution in [2.24, 2.45) is 0 Å². The van der Waals surface area contributed by atoms with E-state index in [0.29, 0.717) is 0 Å². The van der Waals surface area contributed by atoms with Crippen LogP contribution in [0.25, 0.3) is 6.08 Å². The van der Waals surface area contributed by atoms with Crippen molar-refractivity contribution in [1.82, 2.24) is 4.47 Å². The number of benzene rings is 1. The molecular formula is C10H13NOS2. The second-order valence-electron chi connectivity index (χ2n) is 2.55. The monoisotopic (exact) mass is 227 g/mol. The Morgan fingerprint density at radius 2 is 2.00 bits per heavy atom. The van der Waals surface area contributed by atoms with E-state index in [-0.39, 0.29) is 0 Å². The Kier molecular flexibility index (Phi) is 5.11. The predicted molar refractivity (Wildman–Crippen MR) is 64.8 cm³/mol. The molecule has 0 aliphatic heterocycles. The summed E-state index contributed by atoms with van der Waals surface area (Å²) in [4.78, 5) is 1.15. The molecule has 0 radical (unpaired) electrons. The SMILES string of the molecule is C=Cc1ccc(SN(C)OSC)cc1. The van der Waals surface area contributed by atoms with Crippen molar-refractivity contribution in [2.45, 2.75) is 4.90 Å². The molecule has 1 aromatic carbocycles. The fourth-order valence-corrected chi connectivity index (χ4v) is 2.00. The zero-order valence-corrected chi connectivity index (χ0v) is 9.90. The first-order valence-corrected chi connectivity index (χ1v) is 6.03. The van der Waals surface area contributed by atoms with E-state index in [4.69, 9.17) is 4.28 Å². The van der Waals surface area contributed by atoms with E-state index < -0.39 is 0 Å². The smallest absolute Gasteiger partial charge is 0.0259 e. The van der Waals surface area contributed by atoms with Crippen LogP contribution in [0.4, 0.5) is 0 Å². The van der Waals surface area contributed by atoms with Crippen LogP contribution in [0.2, 0.25) is 0 Å². The van der Waals surface area contributed by atoms with Crippen molar-refractivity contribution >= 4 is 30.1 Å². The minimum Gasteiger partial charge on any atom is -0.218 e. The molecule has 0 heterocycles. The average Bonchev–Trinajstić information content (AvgIpc) is 2.19. The normalized spacial score (nSPS) is 10.5. The lowest BCUT2D eigenvalue weighted by Gasteiger charge is -2.12. The van der Waals surface area contributed by atoms with Crippen molar-refractivity contribution in [3.05, 3.63) is 36.4 Å². The minimum absolute atomic E-state index is 1.13. The molecule has 0 unspecified atom stereocenters. The van der Waals surface area contributed by atoms with Crippen LogP contribution in [0.15, 0.2) is 35.7 Å². The van der Waals surface area contributed by atoms with Gasteiger partial charge in [-0.05, 0) is 29.6 Å². The van der Waals surface area contributed by atoms with E-state index in [1.807, 2.05) is 43.6 Å². The molecule has 0 bridgehead atoms. The Hall–Kier alpha value is -0.420.